The van der Waals surface area contributed by atoms with Crippen molar-refractivity contribution >= 4 is 23.2 Å². The smallest absolute Gasteiger partial charge is 0.267 e. The lowest BCUT2D eigenvalue weighted by atomic mass is 10.1. The van der Waals surface area contributed by atoms with E-state index in [1.165, 1.54) is 0 Å². The van der Waals surface area contributed by atoms with E-state index in [0.29, 0.717) is 23.7 Å². The molecule has 1 unspecified atom stereocenters. The fourth-order valence-electron chi connectivity index (χ4n) is 3.73. The minimum Gasteiger partial charge on any atom is -0.497 e. The summed E-state index contributed by atoms with van der Waals surface area (Å²) in [7, 11) is 1.61. The van der Waals surface area contributed by atoms with Crippen LogP contribution in [0.25, 0.3) is 0 Å². The Morgan fingerprint density at radius 1 is 1.03 bits per heavy atom. The molecule has 164 valence electrons. The second-order valence-electron chi connectivity index (χ2n) is 7.74. The maximum atomic E-state index is 12.8. The number of nitrogens with zero attached hydrogens (tertiary/aromatic N) is 1. The van der Waals surface area contributed by atoms with Crippen molar-refractivity contribution in [1.82, 2.24) is 0 Å². The standard InChI is InChI=1S/C26H26N2O4/c1-18-26(30)28(15-14-19-6-4-3-5-7-19)23-17-21(10-13-24(23)32-18)27-25(29)16-20-8-11-22(31-2)12-9-20/h3-13,17-18H,14-16H2,1-2H3,(H,27,29). The van der Waals surface area contributed by atoms with Gasteiger partial charge in [-0.3, -0.25) is 9.59 Å². The van der Waals surface area contributed by atoms with Crippen molar-refractivity contribution in [3.8, 4) is 11.5 Å². The van der Waals surface area contributed by atoms with Gasteiger partial charge in [-0.25, -0.2) is 0 Å². The van der Waals surface area contributed by atoms with Crippen molar-refractivity contribution in [3.63, 3.8) is 0 Å². The van der Waals surface area contributed by atoms with E-state index < -0.39 is 6.10 Å². The molecule has 0 bridgehead atoms. The third kappa shape index (κ3) is 4.91. The second kappa shape index (κ2) is 9.56. The van der Waals surface area contributed by atoms with Gasteiger partial charge in [0.25, 0.3) is 5.91 Å². The van der Waals surface area contributed by atoms with E-state index in [9.17, 15) is 9.59 Å². The number of hydrogen-bond acceptors (Lipinski definition) is 4. The van der Waals surface area contributed by atoms with E-state index >= 15 is 0 Å². The van der Waals surface area contributed by atoms with Crippen LogP contribution in [0.1, 0.15) is 18.1 Å². The molecule has 1 atom stereocenters. The van der Waals surface area contributed by atoms with Gasteiger partial charge in [0, 0.05) is 12.2 Å². The highest BCUT2D eigenvalue weighted by Gasteiger charge is 2.31. The highest BCUT2D eigenvalue weighted by Crippen LogP contribution is 2.36. The number of carbonyl (C=O) groups is 2. The van der Waals surface area contributed by atoms with Crippen LogP contribution < -0.4 is 19.7 Å². The molecular weight excluding hydrogens is 404 g/mol. The predicted octanol–water partition coefficient (Wildman–Crippen LogP) is 4.23. The van der Waals surface area contributed by atoms with E-state index in [1.54, 1.807) is 37.1 Å². The Balaban J connectivity index is 1.48. The van der Waals surface area contributed by atoms with E-state index in [1.807, 2.05) is 54.6 Å². The van der Waals surface area contributed by atoms with Crippen molar-refractivity contribution in [2.45, 2.75) is 25.9 Å². The van der Waals surface area contributed by atoms with Gasteiger partial charge in [0.15, 0.2) is 6.10 Å². The fraction of sp³-hybridized carbons (Fsp3) is 0.231. The molecule has 1 heterocycles. The molecule has 0 aromatic heterocycles. The molecule has 0 radical (unpaired) electrons. The highest BCUT2D eigenvalue weighted by atomic mass is 16.5. The Hall–Kier alpha value is -3.80. The summed E-state index contributed by atoms with van der Waals surface area (Å²) in [5.41, 5.74) is 3.34. The molecule has 3 aromatic carbocycles. The molecule has 6 heteroatoms. The molecule has 6 nitrogen and oxygen atoms in total. The minimum atomic E-state index is -0.547. The average molecular weight is 431 g/mol. The zero-order valence-corrected chi connectivity index (χ0v) is 18.2. The number of benzene rings is 3. The summed E-state index contributed by atoms with van der Waals surface area (Å²) in [6.45, 7) is 2.29. The van der Waals surface area contributed by atoms with Gasteiger partial charge in [0.05, 0.1) is 19.2 Å². The zero-order chi connectivity index (χ0) is 22.5. The van der Waals surface area contributed by atoms with Crippen molar-refractivity contribution in [1.29, 1.82) is 0 Å². The zero-order valence-electron chi connectivity index (χ0n) is 18.2. The van der Waals surface area contributed by atoms with Crippen molar-refractivity contribution in [2.75, 3.05) is 23.9 Å². The molecule has 0 saturated heterocycles. The first-order valence-electron chi connectivity index (χ1n) is 10.6. The summed E-state index contributed by atoms with van der Waals surface area (Å²) >= 11 is 0. The molecule has 0 saturated carbocycles. The van der Waals surface area contributed by atoms with Crippen LogP contribution in [0.5, 0.6) is 11.5 Å². The Labute approximate surface area is 187 Å². The SMILES string of the molecule is COc1ccc(CC(=O)Nc2ccc3c(c2)N(CCc2ccccc2)C(=O)C(C)O3)cc1. The van der Waals surface area contributed by atoms with Gasteiger partial charge in [-0.15, -0.1) is 0 Å². The van der Waals surface area contributed by atoms with Crippen LogP contribution in [0.4, 0.5) is 11.4 Å². The Bertz CT molecular complexity index is 1100. The first kappa shape index (κ1) is 21.4. The monoisotopic (exact) mass is 430 g/mol. The lowest BCUT2D eigenvalue weighted by molar-refractivity contribution is -0.125. The summed E-state index contributed by atoms with van der Waals surface area (Å²) in [5, 5.41) is 2.93. The quantitative estimate of drug-likeness (QED) is 0.609. The lowest BCUT2D eigenvalue weighted by Crippen LogP contribution is -2.45. The first-order chi connectivity index (χ1) is 15.5. The number of anilines is 2. The maximum absolute atomic E-state index is 12.8. The lowest BCUT2D eigenvalue weighted by Gasteiger charge is -2.33. The molecule has 1 aliphatic rings. The van der Waals surface area contributed by atoms with E-state index in [2.05, 4.69) is 5.32 Å². The van der Waals surface area contributed by atoms with Crippen molar-refractivity contribution in [3.05, 3.63) is 83.9 Å². The van der Waals surface area contributed by atoms with E-state index in [4.69, 9.17) is 9.47 Å². The van der Waals surface area contributed by atoms with Crippen molar-refractivity contribution in [2.24, 2.45) is 0 Å². The van der Waals surface area contributed by atoms with Gasteiger partial charge in [-0.05, 0) is 54.8 Å². The molecule has 0 spiro atoms. The number of amides is 2. The summed E-state index contributed by atoms with van der Waals surface area (Å²) in [6, 6.07) is 22.8. The number of ether oxygens (including phenoxy) is 2. The number of methoxy groups -OCH3 is 1. The average Bonchev–Trinajstić information content (AvgIpc) is 2.81. The van der Waals surface area contributed by atoms with Gasteiger partial charge in [0.2, 0.25) is 5.91 Å². The van der Waals surface area contributed by atoms with Crippen LogP contribution in [0.3, 0.4) is 0 Å². The van der Waals surface area contributed by atoms with E-state index in [-0.39, 0.29) is 18.2 Å². The number of fused-ring (bicyclic) bond motifs is 1. The molecule has 1 N–H and O–H groups in total. The predicted molar refractivity (Wildman–Crippen MR) is 124 cm³/mol. The van der Waals surface area contributed by atoms with Gasteiger partial charge < -0.3 is 19.7 Å². The number of carbonyl (C=O) groups excluding carboxylic acids is 2. The van der Waals surface area contributed by atoms with E-state index in [0.717, 1.165) is 23.3 Å². The van der Waals surface area contributed by atoms with Gasteiger partial charge in [-0.2, -0.15) is 0 Å². The molecule has 4 rings (SSSR count). The van der Waals surface area contributed by atoms with Crippen molar-refractivity contribution < 1.29 is 19.1 Å². The second-order valence-corrected chi connectivity index (χ2v) is 7.74. The molecular formula is C26H26N2O4. The Morgan fingerprint density at radius 3 is 2.50 bits per heavy atom. The Morgan fingerprint density at radius 2 is 1.78 bits per heavy atom. The van der Waals surface area contributed by atoms with Gasteiger partial charge in [-0.1, -0.05) is 42.5 Å². The topological polar surface area (TPSA) is 67.9 Å². The number of hydrogen-bond donors (Lipinski definition) is 1. The molecule has 0 aliphatic carbocycles. The summed E-state index contributed by atoms with van der Waals surface area (Å²) < 4.78 is 10.9. The highest BCUT2D eigenvalue weighted by molar-refractivity contribution is 6.01. The largest absolute Gasteiger partial charge is 0.497 e. The molecule has 2 amide bonds. The number of nitrogens with one attached hydrogen (secondary N) is 1. The normalized spacial score (nSPS) is 15.0. The van der Waals surface area contributed by atoms with Gasteiger partial charge in [0.1, 0.15) is 11.5 Å². The van der Waals surface area contributed by atoms with Crippen LogP contribution in [-0.2, 0) is 22.4 Å². The third-order valence-corrected chi connectivity index (χ3v) is 5.44. The van der Waals surface area contributed by atoms with Crippen LogP contribution in [0, 0.1) is 0 Å². The van der Waals surface area contributed by atoms with Crippen LogP contribution >= 0.6 is 0 Å². The third-order valence-electron chi connectivity index (χ3n) is 5.44. The summed E-state index contributed by atoms with van der Waals surface area (Å²) in [6.07, 6.45) is 0.423. The molecule has 32 heavy (non-hydrogen) atoms. The van der Waals surface area contributed by atoms with Crippen LogP contribution in [-0.4, -0.2) is 31.6 Å². The first-order valence-corrected chi connectivity index (χ1v) is 10.6. The Kier molecular flexibility index (Phi) is 6.40. The maximum Gasteiger partial charge on any atom is 0.267 e. The fourth-order valence-corrected chi connectivity index (χ4v) is 3.73. The molecule has 3 aromatic rings. The summed E-state index contributed by atoms with van der Waals surface area (Å²) in [5.74, 6) is 1.16. The number of rotatable bonds is 7. The van der Waals surface area contributed by atoms with Gasteiger partial charge >= 0.3 is 0 Å². The van der Waals surface area contributed by atoms with Crippen LogP contribution in [0.2, 0.25) is 0 Å². The molecule has 0 fully saturated rings. The molecule has 1 aliphatic heterocycles. The minimum absolute atomic E-state index is 0.0878. The summed E-state index contributed by atoms with van der Waals surface area (Å²) in [4.78, 5) is 27.1. The van der Waals surface area contributed by atoms with Crippen LogP contribution in [0.15, 0.2) is 72.8 Å².